The Hall–Kier alpha value is -1.70. The number of piperidine rings is 1. The summed E-state index contributed by atoms with van der Waals surface area (Å²) in [7, 11) is -3.30. The molecule has 1 atom stereocenters. The molecule has 1 N–H and O–H groups in total. The molecule has 1 saturated heterocycles. The molecule has 0 radical (unpaired) electrons. The predicted molar refractivity (Wildman–Crippen MR) is 91.6 cm³/mol. The Balaban J connectivity index is 1.48. The molecule has 0 aliphatic carbocycles. The minimum atomic E-state index is -3.30. The van der Waals surface area contributed by atoms with Crippen LogP contribution in [0.2, 0.25) is 0 Å². The topological polar surface area (TPSA) is 75.4 Å². The molecule has 2 heterocycles. The van der Waals surface area contributed by atoms with Crippen molar-refractivity contribution in [1.82, 2.24) is 14.8 Å². The van der Waals surface area contributed by atoms with Crippen molar-refractivity contribution in [2.24, 2.45) is 5.92 Å². The van der Waals surface area contributed by atoms with E-state index in [0.717, 1.165) is 43.7 Å². The quantitative estimate of drug-likeness (QED) is 0.827. The van der Waals surface area contributed by atoms with Crippen LogP contribution in [0.1, 0.15) is 24.1 Å². The second-order valence-corrected chi connectivity index (χ2v) is 8.13. The Labute approximate surface area is 142 Å². The fourth-order valence-corrected chi connectivity index (χ4v) is 4.32. The minimum Gasteiger partial charge on any atom is -0.364 e. The lowest BCUT2D eigenvalue weighted by molar-refractivity contribution is 0.165. The van der Waals surface area contributed by atoms with E-state index in [0.29, 0.717) is 12.5 Å². The molecule has 0 amide bonds. The molecule has 6 nitrogen and oxygen atoms in total. The van der Waals surface area contributed by atoms with Crippen molar-refractivity contribution in [2.45, 2.75) is 25.1 Å². The number of hydrogen-bond donors (Lipinski definition) is 1. The molecular formula is C17H23N3O3S. The summed E-state index contributed by atoms with van der Waals surface area (Å²) >= 11 is 0. The Bertz CT molecular complexity index is 717. The van der Waals surface area contributed by atoms with Gasteiger partial charge in [-0.25, -0.2) is 13.1 Å². The van der Waals surface area contributed by atoms with Crippen LogP contribution in [0, 0.1) is 5.92 Å². The number of nitrogens with zero attached hydrogens (tertiary/aromatic N) is 2. The fourth-order valence-electron chi connectivity index (χ4n) is 3.10. The predicted octanol–water partition coefficient (Wildman–Crippen LogP) is 2.01. The van der Waals surface area contributed by atoms with Gasteiger partial charge in [0.25, 0.3) is 0 Å². The first kappa shape index (κ1) is 17.1. The van der Waals surface area contributed by atoms with Crippen molar-refractivity contribution in [3.63, 3.8) is 0 Å². The van der Waals surface area contributed by atoms with E-state index in [1.54, 1.807) is 6.26 Å². The largest absolute Gasteiger partial charge is 0.364 e. The lowest BCUT2D eigenvalue weighted by atomic mass is 9.98. The monoisotopic (exact) mass is 349 g/mol. The van der Waals surface area contributed by atoms with Gasteiger partial charge in [-0.3, -0.25) is 4.90 Å². The Morgan fingerprint density at radius 3 is 2.83 bits per heavy atom. The number of rotatable bonds is 7. The SMILES string of the molecule is O=S(=O)(Cc1ccccc1)NCC1CCCN(Cc2ccon2)C1. The van der Waals surface area contributed by atoms with E-state index in [-0.39, 0.29) is 5.75 Å². The summed E-state index contributed by atoms with van der Waals surface area (Å²) in [5, 5.41) is 3.94. The molecule has 24 heavy (non-hydrogen) atoms. The maximum absolute atomic E-state index is 12.2. The van der Waals surface area contributed by atoms with Gasteiger partial charge in [-0.1, -0.05) is 35.5 Å². The molecule has 2 aromatic rings. The summed E-state index contributed by atoms with van der Waals surface area (Å²) in [5.74, 6) is 0.361. The standard InChI is InChI=1S/C17H23N3O3S/c21-24(22,14-15-5-2-1-3-6-15)18-11-16-7-4-9-20(12-16)13-17-8-10-23-19-17/h1-3,5-6,8,10,16,18H,4,7,9,11-14H2. The van der Waals surface area contributed by atoms with Crippen LogP contribution in [0.3, 0.4) is 0 Å². The van der Waals surface area contributed by atoms with Crippen LogP contribution >= 0.6 is 0 Å². The Morgan fingerprint density at radius 1 is 1.25 bits per heavy atom. The summed E-state index contributed by atoms with van der Waals surface area (Å²) in [6, 6.07) is 11.1. The number of sulfonamides is 1. The van der Waals surface area contributed by atoms with Gasteiger partial charge >= 0.3 is 0 Å². The van der Waals surface area contributed by atoms with Crippen LogP contribution < -0.4 is 4.72 Å². The normalized spacial score (nSPS) is 19.4. The van der Waals surface area contributed by atoms with Crippen LogP contribution in [0.15, 0.2) is 47.2 Å². The zero-order valence-corrected chi connectivity index (χ0v) is 14.4. The third kappa shape index (κ3) is 5.15. The molecule has 1 fully saturated rings. The molecule has 1 aromatic heterocycles. The molecule has 3 rings (SSSR count). The molecular weight excluding hydrogens is 326 g/mol. The molecule has 0 spiro atoms. The van der Waals surface area contributed by atoms with Crippen molar-refractivity contribution in [1.29, 1.82) is 0 Å². The summed E-state index contributed by atoms with van der Waals surface area (Å²) < 4.78 is 32.1. The zero-order valence-electron chi connectivity index (χ0n) is 13.6. The maximum atomic E-state index is 12.2. The number of likely N-dealkylation sites (tertiary alicyclic amines) is 1. The van der Waals surface area contributed by atoms with Crippen molar-refractivity contribution in [2.75, 3.05) is 19.6 Å². The van der Waals surface area contributed by atoms with Crippen LogP contribution in [-0.2, 0) is 22.3 Å². The number of aromatic nitrogens is 1. The lowest BCUT2D eigenvalue weighted by Gasteiger charge is -2.32. The van der Waals surface area contributed by atoms with Crippen molar-refractivity contribution in [3.05, 3.63) is 53.9 Å². The fraction of sp³-hybridized carbons (Fsp3) is 0.471. The van der Waals surface area contributed by atoms with Gasteiger partial charge in [-0.2, -0.15) is 0 Å². The number of nitrogens with one attached hydrogen (secondary N) is 1. The Kier molecular flexibility index (Phi) is 5.65. The van der Waals surface area contributed by atoms with Crippen molar-refractivity contribution < 1.29 is 12.9 Å². The summed E-state index contributed by atoms with van der Waals surface area (Å²) in [4.78, 5) is 2.30. The van der Waals surface area contributed by atoms with Gasteiger partial charge < -0.3 is 4.52 Å². The van der Waals surface area contributed by atoms with E-state index < -0.39 is 10.0 Å². The molecule has 1 aliphatic rings. The second kappa shape index (κ2) is 7.92. The van der Waals surface area contributed by atoms with Crippen LogP contribution in [0.4, 0.5) is 0 Å². The molecule has 130 valence electrons. The summed E-state index contributed by atoms with van der Waals surface area (Å²) in [6.07, 6.45) is 3.70. The molecule has 1 aliphatic heterocycles. The number of hydrogen-bond acceptors (Lipinski definition) is 5. The van der Waals surface area contributed by atoms with E-state index in [9.17, 15) is 8.42 Å². The van der Waals surface area contributed by atoms with Gasteiger partial charge in [0, 0.05) is 25.7 Å². The first-order valence-electron chi connectivity index (χ1n) is 8.23. The van der Waals surface area contributed by atoms with Crippen molar-refractivity contribution in [3.8, 4) is 0 Å². The van der Waals surface area contributed by atoms with Gasteiger partial charge in [-0.15, -0.1) is 0 Å². The second-order valence-electron chi connectivity index (χ2n) is 6.33. The van der Waals surface area contributed by atoms with Gasteiger partial charge in [0.15, 0.2) is 0 Å². The first-order chi connectivity index (χ1) is 11.6. The molecule has 0 saturated carbocycles. The lowest BCUT2D eigenvalue weighted by Crippen LogP contribution is -2.40. The highest BCUT2D eigenvalue weighted by molar-refractivity contribution is 7.88. The van der Waals surface area contributed by atoms with E-state index >= 15 is 0 Å². The van der Waals surface area contributed by atoms with Gasteiger partial charge in [0.1, 0.15) is 6.26 Å². The zero-order chi connectivity index (χ0) is 16.8. The van der Waals surface area contributed by atoms with Crippen LogP contribution in [0.5, 0.6) is 0 Å². The smallest absolute Gasteiger partial charge is 0.215 e. The average molecular weight is 349 g/mol. The highest BCUT2D eigenvalue weighted by Crippen LogP contribution is 2.18. The first-order valence-corrected chi connectivity index (χ1v) is 9.89. The average Bonchev–Trinajstić information content (AvgIpc) is 3.07. The molecule has 1 aromatic carbocycles. The van der Waals surface area contributed by atoms with E-state index in [4.69, 9.17) is 4.52 Å². The van der Waals surface area contributed by atoms with E-state index in [2.05, 4.69) is 14.8 Å². The van der Waals surface area contributed by atoms with Gasteiger partial charge in [-0.05, 0) is 30.9 Å². The highest BCUT2D eigenvalue weighted by atomic mass is 32.2. The summed E-state index contributed by atoms with van der Waals surface area (Å²) in [5.41, 5.74) is 1.72. The van der Waals surface area contributed by atoms with E-state index in [1.807, 2.05) is 36.4 Å². The van der Waals surface area contributed by atoms with Crippen LogP contribution in [0.25, 0.3) is 0 Å². The van der Waals surface area contributed by atoms with Crippen LogP contribution in [-0.4, -0.2) is 38.1 Å². The molecule has 0 bridgehead atoms. The number of benzene rings is 1. The third-order valence-electron chi connectivity index (χ3n) is 4.27. The minimum absolute atomic E-state index is 0.0310. The maximum Gasteiger partial charge on any atom is 0.215 e. The van der Waals surface area contributed by atoms with Gasteiger partial charge in [0.2, 0.25) is 10.0 Å². The van der Waals surface area contributed by atoms with E-state index in [1.165, 1.54) is 0 Å². The third-order valence-corrected chi connectivity index (χ3v) is 5.59. The Morgan fingerprint density at radius 2 is 2.08 bits per heavy atom. The summed E-state index contributed by atoms with van der Waals surface area (Å²) in [6.45, 7) is 3.13. The molecule has 7 heteroatoms. The highest BCUT2D eigenvalue weighted by Gasteiger charge is 2.22. The van der Waals surface area contributed by atoms with Gasteiger partial charge in [0.05, 0.1) is 11.4 Å². The van der Waals surface area contributed by atoms with Crippen molar-refractivity contribution >= 4 is 10.0 Å². The molecule has 1 unspecified atom stereocenters.